The monoisotopic (exact) mass is 612 g/mol. The van der Waals surface area contributed by atoms with Crippen molar-refractivity contribution in [3.8, 4) is 0 Å². The molecule has 0 bridgehead atoms. The minimum absolute atomic E-state index is 0.00625. The van der Waals surface area contributed by atoms with E-state index in [1.807, 2.05) is 0 Å². The Bertz CT molecular complexity index is 2030. The van der Waals surface area contributed by atoms with E-state index in [-0.39, 0.29) is 51.4 Å². The quantitative estimate of drug-likeness (QED) is 0.192. The number of likely N-dealkylation sites (N-methyl/N-ethyl adjacent to an activating group) is 1. The highest BCUT2D eigenvalue weighted by molar-refractivity contribution is 7.26. The summed E-state index contributed by atoms with van der Waals surface area (Å²) in [6.07, 6.45) is -8.74. The minimum atomic E-state index is -2.08. The molecule has 5 atom stereocenters. The van der Waals surface area contributed by atoms with Gasteiger partial charge < -0.3 is 30.2 Å². The van der Waals surface area contributed by atoms with Gasteiger partial charge in [-0.3, -0.25) is 19.7 Å². The number of aliphatic hydroxyl groups excluding tert-OH is 2. The molecule has 1 fully saturated rings. The van der Waals surface area contributed by atoms with Crippen molar-refractivity contribution in [2.24, 2.45) is 0 Å². The van der Waals surface area contributed by atoms with Crippen LogP contribution in [0.4, 0.5) is 13.2 Å². The molecule has 3 amide bonds. The molecule has 5 aromatic rings. The lowest BCUT2D eigenvalue weighted by atomic mass is 9.96. The lowest BCUT2D eigenvalue weighted by Crippen LogP contribution is -2.56. The fourth-order valence-electron chi connectivity index (χ4n) is 6.17. The number of thiophene rings is 1. The number of amides is 3. The topological polar surface area (TPSA) is 142 Å². The molecule has 2 aliphatic rings. The Morgan fingerprint density at radius 2 is 1.70 bits per heavy atom. The fraction of sp³-hybridized carbons (Fsp3) is 0.276. The number of hydrogen-bond donors (Lipinski definition) is 5. The summed E-state index contributed by atoms with van der Waals surface area (Å²) in [5.41, 5.74) is 0.448. The maximum absolute atomic E-state index is 15.2. The fourth-order valence-corrected chi connectivity index (χ4v) is 7.41. The summed E-state index contributed by atoms with van der Waals surface area (Å²) in [5.74, 6) is -3.11. The Morgan fingerprint density at radius 3 is 2.42 bits per heavy atom. The SMILES string of the molecule is CNCC(=O)NC[C@H]1OC(n2c3ccc(F)cc3c3c4c(c5c6cc(F)ccc6sc5c32)C(=O)NC4=O)[C@H](O)[C@@H](O)[C@@H]1F. The van der Waals surface area contributed by atoms with Crippen LogP contribution in [0, 0.1) is 11.6 Å². The van der Waals surface area contributed by atoms with E-state index in [0.717, 1.165) is 6.07 Å². The van der Waals surface area contributed by atoms with Crippen LogP contribution in [0.5, 0.6) is 0 Å². The summed E-state index contributed by atoms with van der Waals surface area (Å²) < 4.78 is 52.9. The summed E-state index contributed by atoms with van der Waals surface area (Å²) in [6.45, 7) is -0.384. The van der Waals surface area contributed by atoms with E-state index in [1.54, 1.807) is 7.05 Å². The van der Waals surface area contributed by atoms with Crippen LogP contribution < -0.4 is 16.0 Å². The number of nitrogens with one attached hydrogen (secondary N) is 3. The summed E-state index contributed by atoms with van der Waals surface area (Å²) in [6, 6.07) is 7.74. The van der Waals surface area contributed by atoms with Gasteiger partial charge in [0.2, 0.25) is 5.91 Å². The number of halogens is 3. The van der Waals surface area contributed by atoms with Crippen molar-refractivity contribution in [3.63, 3.8) is 0 Å². The van der Waals surface area contributed by atoms with Crippen molar-refractivity contribution in [1.82, 2.24) is 20.5 Å². The van der Waals surface area contributed by atoms with Gasteiger partial charge >= 0.3 is 0 Å². The number of rotatable bonds is 5. The van der Waals surface area contributed by atoms with Crippen molar-refractivity contribution in [2.75, 3.05) is 20.1 Å². The van der Waals surface area contributed by atoms with Crippen LogP contribution in [0.15, 0.2) is 36.4 Å². The van der Waals surface area contributed by atoms with E-state index in [1.165, 1.54) is 46.2 Å². The Hall–Kier alpha value is -4.08. The van der Waals surface area contributed by atoms with Gasteiger partial charge in [-0.25, -0.2) is 13.2 Å². The number of nitrogens with zero attached hydrogens (tertiary/aromatic N) is 1. The Labute approximate surface area is 244 Å². The van der Waals surface area contributed by atoms with Gasteiger partial charge in [-0.15, -0.1) is 11.3 Å². The van der Waals surface area contributed by atoms with Crippen molar-refractivity contribution < 1.29 is 42.5 Å². The molecule has 0 radical (unpaired) electrons. The molecular weight excluding hydrogens is 589 g/mol. The first-order chi connectivity index (χ1) is 20.6. The Kier molecular flexibility index (Phi) is 6.45. The maximum Gasteiger partial charge on any atom is 0.259 e. The highest BCUT2D eigenvalue weighted by Crippen LogP contribution is 2.49. The van der Waals surface area contributed by atoms with Gasteiger partial charge in [0.25, 0.3) is 11.8 Å². The Balaban J connectivity index is 1.55. The minimum Gasteiger partial charge on any atom is -0.387 e. The van der Waals surface area contributed by atoms with E-state index < -0.39 is 60.1 Å². The number of aromatic nitrogens is 1. The molecule has 2 aliphatic heterocycles. The molecule has 0 saturated carbocycles. The number of ether oxygens (including phenoxy) is 1. The summed E-state index contributed by atoms with van der Waals surface area (Å²) in [4.78, 5) is 38.5. The molecule has 1 saturated heterocycles. The first-order valence-corrected chi connectivity index (χ1v) is 14.2. The molecule has 4 heterocycles. The average Bonchev–Trinajstić information content (AvgIpc) is 3.60. The van der Waals surface area contributed by atoms with Gasteiger partial charge in [0.05, 0.1) is 33.4 Å². The molecule has 10 nitrogen and oxygen atoms in total. The second-order valence-corrected chi connectivity index (χ2v) is 11.6. The van der Waals surface area contributed by atoms with E-state index in [0.29, 0.717) is 14.8 Å². The molecular formula is C29H23F3N4O6S. The third kappa shape index (κ3) is 4.05. The number of benzene rings is 3. The van der Waals surface area contributed by atoms with Gasteiger partial charge in [0.15, 0.2) is 12.4 Å². The van der Waals surface area contributed by atoms with E-state index >= 15 is 4.39 Å². The molecule has 5 N–H and O–H groups in total. The van der Waals surface area contributed by atoms with Crippen LogP contribution in [0.25, 0.3) is 42.0 Å². The molecule has 0 aliphatic carbocycles. The van der Waals surface area contributed by atoms with Gasteiger partial charge in [0, 0.05) is 32.8 Å². The number of imide groups is 1. The molecule has 14 heteroatoms. The number of carbonyl (C=O) groups is 3. The largest absolute Gasteiger partial charge is 0.387 e. The maximum atomic E-state index is 15.2. The normalized spacial score (nSPS) is 23.9. The second kappa shape index (κ2) is 9.99. The van der Waals surface area contributed by atoms with Gasteiger partial charge in [0.1, 0.15) is 29.9 Å². The van der Waals surface area contributed by atoms with Crippen molar-refractivity contribution in [3.05, 3.63) is 59.2 Å². The van der Waals surface area contributed by atoms with Crippen molar-refractivity contribution >= 4 is 71.0 Å². The molecule has 0 spiro atoms. The van der Waals surface area contributed by atoms with Crippen molar-refractivity contribution in [2.45, 2.75) is 30.7 Å². The van der Waals surface area contributed by atoms with Crippen LogP contribution in [0.3, 0.4) is 0 Å². The van der Waals surface area contributed by atoms with Crippen LogP contribution >= 0.6 is 11.3 Å². The highest BCUT2D eigenvalue weighted by Gasteiger charge is 2.47. The predicted molar refractivity (Wildman–Crippen MR) is 152 cm³/mol. The van der Waals surface area contributed by atoms with E-state index in [9.17, 15) is 33.4 Å². The number of fused-ring (bicyclic) bond motifs is 10. The lowest BCUT2D eigenvalue weighted by Gasteiger charge is -2.40. The number of hydrogen-bond acceptors (Lipinski definition) is 8. The predicted octanol–water partition coefficient (Wildman–Crippen LogP) is 2.62. The average molecular weight is 613 g/mol. The van der Waals surface area contributed by atoms with Crippen LogP contribution in [-0.4, -0.2) is 77.1 Å². The lowest BCUT2D eigenvalue weighted by molar-refractivity contribution is -0.225. The van der Waals surface area contributed by atoms with Crippen LogP contribution in [0.2, 0.25) is 0 Å². The first-order valence-electron chi connectivity index (χ1n) is 13.3. The zero-order valence-electron chi connectivity index (χ0n) is 22.3. The van der Waals surface area contributed by atoms with Gasteiger partial charge in [-0.05, 0) is 43.4 Å². The summed E-state index contributed by atoms with van der Waals surface area (Å²) >= 11 is 1.18. The molecule has 7 rings (SSSR count). The third-order valence-corrected chi connectivity index (χ3v) is 9.17. The van der Waals surface area contributed by atoms with Crippen molar-refractivity contribution in [1.29, 1.82) is 0 Å². The van der Waals surface area contributed by atoms with Gasteiger partial charge in [-0.2, -0.15) is 0 Å². The summed E-state index contributed by atoms with van der Waals surface area (Å²) in [7, 11) is 1.56. The number of carbonyl (C=O) groups excluding carboxylic acids is 3. The first kappa shape index (κ1) is 27.7. The van der Waals surface area contributed by atoms with Crippen LogP contribution in [-0.2, 0) is 9.53 Å². The zero-order chi connectivity index (χ0) is 30.3. The van der Waals surface area contributed by atoms with Gasteiger partial charge in [-0.1, -0.05) is 0 Å². The highest BCUT2D eigenvalue weighted by atomic mass is 32.1. The molecule has 3 aromatic carbocycles. The zero-order valence-corrected chi connectivity index (χ0v) is 23.1. The number of alkyl halides is 1. The van der Waals surface area contributed by atoms with E-state index in [4.69, 9.17) is 4.74 Å². The second-order valence-electron chi connectivity index (χ2n) is 10.6. The molecule has 43 heavy (non-hydrogen) atoms. The molecule has 2 aromatic heterocycles. The molecule has 222 valence electrons. The van der Waals surface area contributed by atoms with E-state index in [2.05, 4.69) is 16.0 Å². The number of aliphatic hydroxyl groups is 2. The third-order valence-electron chi connectivity index (χ3n) is 7.99. The summed E-state index contributed by atoms with van der Waals surface area (Å²) in [5, 5.41) is 30.5. The smallest absolute Gasteiger partial charge is 0.259 e. The molecule has 1 unspecified atom stereocenters. The standard InChI is InChI=1S/C29H23F3N4O6S/c1-33-9-17(37)34-8-15-22(32)24(38)25(39)29(42-15)36-14-4-2-10(30)6-12(14)18-20-21(28(41)35-27(20)40)19-13-7-11(31)3-5-16(13)43-26(19)23(18)36/h2-7,15,22,24-25,29,33,38-39H,8-9H2,1H3,(H,34,37)(H,35,40,41)/t15-,22-,24+,25-,29?/m1/s1. The van der Waals surface area contributed by atoms with Crippen LogP contribution in [0.1, 0.15) is 26.9 Å². The Morgan fingerprint density at radius 1 is 1.02 bits per heavy atom.